The molecule has 0 unspecified atom stereocenters. The highest BCUT2D eigenvalue weighted by atomic mass is 32.2. The van der Waals surface area contributed by atoms with Gasteiger partial charge in [0, 0.05) is 27.8 Å². The summed E-state index contributed by atoms with van der Waals surface area (Å²) in [5.74, 6) is 0.737. The molecule has 2 heterocycles. The molecule has 2 aromatic carbocycles. The molecule has 1 saturated heterocycles. The van der Waals surface area contributed by atoms with E-state index in [2.05, 4.69) is 16.8 Å². The number of benzene rings is 2. The summed E-state index contributed by atoms with van der Waals surface area (Å²) in [4.78, 5) is 28.4. The fourth-order valence-corrected chi connectivity index (χ4v) is 4.89. The summed E-state index contributed by atoms with van der Waals surface area (Å²) < 4.78 is 4.99. The maximum absolute atomic E-state index is 12.8. The zero-order valence-corrected chi connectivity index (χ0v) is 17.3. The van der Waals surface area contributed by atoms with Gasteiger partial charge in [0.15, 0.2) is 0 Å². The second-order valence-corrected chi connectivity index (χ2v) is 8.53. The summed E-state index contributed by atoms with van der Waals surface area (Å²) in [6.45, 7) is 1.34. The summed E-state index contributed by atoms with van der Waals surface area (Å²) >= 11 is 3.38. The lowest BCUT2D eigenvalue weighted by Crippen LogP contribution is -2.25. The van der Waals surface area contributed by atoms with E-state index in [-0.39, 0.29) is 12.0 Å². The van der Waals surface area contributed by atoms with Crippen molar-refractivity contribution in [1.82, 2.24) is 5.32 Å². The van der Waals surface area contributed by atoms with Crippen molar-refractivity contribution in [3.8, 4) is 0 Å². The van der Waals surface area contributed by atoms with Crippen LogP contribution in [0.2, 0.25) is 0 Å². The van der Waals surface area contributed by atoms with Gasteiger partial charge in [-0.05, 0) is 41.3 Å². The Labute approximate surface area is 177 Å². The number of thioether (sulfide) groups is 1. The third kappa shape index (κ3) is 4.81. The van der Waals surface area contributed by atoms with Crippen LogP contribution in [-0.4, -0.2) is 25.2 Å². The predicted molar refractivity (Wildman–Crippen MR) is 117 cm³/mol. The smallest absolute Gasteiger partial charge is 0.414 e. The highest BCUT2D eigenvalue weighted by molar-refractivity contribution is 7.98. The predicted octanol–water partition coefficient (Wildman–Crippen LogP) is 4.93. The minimum absolute atomic E-state index is 0.106. The van der Waals surface area contributed by atoms with Crippen molar-refractivity contribution < 1.29 is 14.3 Å². The van der Waals surface area contributed by atoms with Crippen molar-refractivity contribution in [3.05, 3.63) is 82.0 Å². The molecule has 0 aliphatic carbocycles. The standard InChI is InChI=1S/C22H20N2O3S2/c25-21(19-8-1-2-9-20(19)29-15-18-7-4-12-28-18)23-14-16-5-3-6-17(13-16)24-10-11-27-22(24)26/h1-9,12-13H,10-11,14-15H2,(H,23,25). The maximum Gasteiger partial charge on any atom is 0.414 e. The van der Waals surface area contributed by atoms with E-state index in [4.69, 9.17) is 4.74 Å². The van der Waals surface area contributed by atoms with Crippen LogP contribution in [0.25, 0.3) is 0 Å². The minimum Gasteiger partial charge on any atom is -0.447 e. The number of thiophene rings is 1. The number of hydrogen-bond donors (Lipinski definition) is 1. The molecule has 0 radical (unpaired) electrons. The van der Waals surface area contributed by atoms with Gasteiger partial charge in [-0.2, -0.15) is 0 Å². The van der Waals surface area contributed by atoms with Gasteiger partial charge in [0.2, 0.25) is 0 Å². The van der Waals surface area contributed by atoms with Crippen LogP contribution in [0.1, 0.15) is 20.8 Å². The summed E-state index contributed by atoms with van der Waals surface area (Å²) in [5, 5.41) is 5.05. The number of amides is 2. The van der Waals surface area contributed by atoms with E-state index in [0.717, 1.165) is 21.9 Å². The van der Waals surface area contributed by atoms with Gasteiger partial charge in [0.05, 0.1) is 12.1 Å². The van der Waals surface area contributed by atoms with Gasteiger partial charge in [-0.1, -0.05) is 30.3 Å². The molecule has 1 N–H and O–H groups in total. The summed E-state index contributed by atoms with van der Waals surface area (Å²) in [7, 11) is 0. The van der Waals surface area contributed by atoms with Crippen LogP contribution in [0.5, 0.6) is 0 Å². The first kappa shape index (κ1) is 19.5. The molecule has 3 aromatic rings. The SMILES string of the molecule is O=C(NCc1cccc(N2CCOC2=O)c1)c1ccccc1SCc1cccs1. The third-order valence-corrected chi connectivity index (χ3v) is 6.70. The van der Waals surface area contributed by atoms with Crippen molar-refractivity contribution in [2.75, 3.05) is 18.1 Å². The van der Waals surface area contributed by atoms with Crippen molar-refractivity contribution in [2.45, 2.75) is 17.2 Å². The molecular weight excluding hydrogens is 404 g/mol. The first-order chi connectivity index (χ1) is 14.2. The topological polar surface area (TPSA) is 58.6 Å². The number of carbonyl (C=O) groups excluding carboxylic acids is 2. The number of nitrogens with one attached hydrogen (secondary N) is 1. The Morgan fingerprint density at radius 2 is 2.03 bits per heavy atom. The number of anilines is 1. The van der Waals surface area contributed by atoms with Gasteiger partial charge in [-0.3, -0.25) is 9.69 Å². The number of carbonyl (C=O) groups is 2. The van der Waals surface area contributed by atoms with E-state index < -0.39 is 0 Å². The average molecular weight is 425 g/mol. The zero-order valence-electron chi connectivity index (χ0n) is 15.7. The van der Waals surface area contributed by atoms with Crippen LogP contribution in [0.4, 0.5) is 10.5 Å². The number of nitrogens with zero attached hydrogens (tertiary/aromatic N) is 1. The zero-order chi connectivity index (χ0) is 20.1. The first-order valence-electron chi connectivity index (χ1n) is 9.26. The van der Waals surface area contributed by atoms with E-state index in [1.165, 1.54) is 4.88 Å². The van der Waals surface area contributed by atoms with E-state index in [1.54, 1.807) is 28.0 Å². The molecule has 0 saturated carbocycles. The number of hydrogen-bond acceptors (Lipinski definition) is 5. The molecule has 1 aliphatic rings. The number of cyclic esters (lactones) is 1. The number of rotatable bonds is 7. The van der Waals surface area contributed by atoms with Crippen molar-refractivity contribution in [1.29, 1.82) is 0 Å². The third-order valence-electron chi connectivity index (χ3n) is 4.52. The molecule has 4 rings (SSSR count). The van der Waals surface area contributed by atoms with Gasteiger partial charge in [0.1, 0.15) is 6.61 Å². The fraction of sp³-hybridized carbons (Fsp3) is 0.182. The lowest BCUT2D eigenvalue weighted by molar-refractivity contribution is 0.0948. The van der Waals surface area contributed by atoms with E-state index in [9.17, 15) is 9.59 Å². The normalized spacial score (nSPS) is 13.4. The monoisotopic (exact) mass is 424 g/mol. The Morgan fingerprint density at radius 3 is 2.83 bits per heavy atom. The van der Waals surface area contributed by atoms with Crippen molar-refractivity contribution in [2.24, 2.45) is 0 Å². The molecule has 29 heavy (non-hydrogen) atoms. The second kappa shape index (κ2) is 9.15. The summed E-state index contributed by atoms with van der Waals surface area (Å²) in [5.41, 5.74) is 2.39. The van der Waals surface area contributed by atoms with E-state index in [1.807, 2.05) is 54.6 Å². The molecule has 148 valence electrons. The Kier molecular flexibility index (Phi) is 6.17. The van der Waals surface area contributed by atoms with Crippen LogP contribution < -0.4 is 10.2 Å². The van der Waals surface area contributed by atoms with Gasteiger partial charge in [-0.15, -0.1) is 23.1 Å². The lowest BCUT2D eigenvalue weighted by atomic mass is 10.1. The van der Waals surface area contributed by atoms with Crippen LogP contribution in [0.15, 0.2) is 70.9 Å². The quantitative estimate of drug-likeness (QED) is 0.547. The molecule has 0 bridgehead atoms. The van der Waals surface area contributed by atoms with Crippen LogP contribution >= 0.6 is 23.1 Å². The number of ether oxygens (including phenoxy) is 1. The van der Waals surface area contributed by atoms with Crippen LogP contribution in [-0.2, 0) is 17.0 Å². The van der Waals surface area contributed by atoms with Crippen molar-refractivity contribution >= 4 is 40.8 Å². The van der Waals surface area contributed by atoms with Crippen molar-refractivity contribution in [3.63, 3.8) is 0 Å². The molecule has 7 heteroatoms. The lowest BCUT2D eigenvalue weighted by Gasteiger charge is -2.14. The molecule has 5 nitrogen and oxygen atoms in total. The molecular formula is C22H20N2O3S2. The van der Waals surface area contributed by atoms with Gasteiger partial charge in [-0.25, -0.2) is 4.79 Å². The Balaban J connectivity index is 1.40. The molecule has 0 atom stereocenters. The van der Waals surface area contributed by atoms with Crippen LogP contribution in [0.3, 0.4) is 0 Å². The maximum atomic E-state index is 12.8. The van der Waals surface area contributed by atoms with Gasteiger partial charge < -0.3 is 10.1 Å². The van der Waals surface area contributed by atoms with Gasteiger partial charge in [0.25, 0.3) is 5.91 Å². The molecule has 1 aromatic heterocycles. The molecule has 1 aliphatic heterocycles. The summed E-state index contributed by atoms with van der Waals surface area (Å²) in [6, 6.07) is 19.4. The largest absolute Gasteiger partial charge is 0.447 e. The van der Waals surface area contributed by atoms with Crippen LogP contribution in [0, 0.1) is 0 Å². The molecule has 0 spiro atoms. The second-order valence-electron chi connectivity index (χ2n) is 6.48. The fourth-order valence-electron chi connectivity index (χ4n) is 3.06. The Bertz CT molecular complexity index is 1000. The molecule has 2 amide bonds. The molecule has 1 fully saturated rings. The van der Waals surface area contributed by atoms with Gasteiger partial charge >= 0.3 is 6.09 Å². The average Bonchev–Trinajstić information content (AvgIpc) is 3.42. The highest BCUT2D eigenvalue weighted by Crippen LogP contribution is 2.28. The minimum atomic E-state index is -0.331. The van der Waals surface area contributed by atoms with E-state index in [0.29, 0.717) is 25.3 Å². The highest BCUT2D eigenvalue weighted by Gasteiger charge is 2.23. The Morgan fingerprint density at radius 1 is 1.14 bits per heavy atom. The first-order valence-corrected chi connectivity index (χ1v) is 11.1. The van der Waals surface area contributed by atoms with E-state index >= 15 is 0 Å². The Hall–Kier alpha value is -2.77. The summed E-state index contributed by atoms with van der Waals surface area (Å²) in [6.07, 6.45) is -0.331.